The summed E-state index contributed by atoms with van der Waals surface area (Å²) in [5, 5.41) is 2.47. The Morgan fingerprint density at radius 2 is 0.783 bits per heavy atom. The van der Waals surface area contributed by atoms with Crippen molar-refractivity contribution in [2.45, 2.75) is 24.7 Å². The van der Waals surface area contributed by atoms with Crippen LogP contribution < -0.4 is 4.90 Å². The van der Waals surface area contributed by atoms with E-state index in [1.807, 2.05) is 0 Å². The van der Waals surface area contributed by atoms with Crippen molar-refractivity contribution in [3.05, 3.63) is 294 Å². The van der Waals surface area contributed by atoms with Gasteiger partial charge >= 0.3 is 0 Å². The van der Waals surface area contributed by atoms with Gasteiger partial charge in [0.2, 0.25) is 0 Å². The van der Waals surface area contributed by atoms with Crippen molar-refractivity contribution in [2.75, 3.05) is 4.90 Å². The Morgan fingerprint density at radius 3 is 1.48 bits per heavy atom. The number of benzene rings is 11. The maximum absolute atomic E-state index is 2.48. The zero-order chi connectivity index (χ0) is 46.1. The zero-order valence-electron chi connectivity index (χ0n) is 38.8. The van der Waals surface area contributed by atoms with Gasteiger partial charge in [0, 0.05) is 22.4 Å². The predicted octanol–water partition coefficient (Wildman–Crippen LogP) is 18.0. The Balaban J connectivity index is 0.989. The smallest absolute Gasteiger partial charge is 0.0713 e. The maximum Gasteiger partial charge on any atom is 0.0713 e. The van der Waals surface area contributed by atoms with Crippen molar-refractivity contribution in [2.24, 2.45) is 0 Å². The summed E-state index contributed by atoms with van der Waals surface area (Å²) in [4.78, 5) is 2.48. The molecule has 0 fully saturated rings. The zero-order valence-corrected chi connectivity index (χ0v) is 38.8. The molecule has 0 saturated heterocycles. The van der Waals surface area contributed by atoms with Gasteiger partial charge in [-0.25, -0.2) is 0 Å². The number of para-hydroxylation sites is 1. The molecule has 11 aromatic rings. The Morgan fingerprint density at radius 1 is 0.290 bits per heavy atom. The van der Waals surface area contributed by atoms with Gasteiger partial charge in [-0.05, 0) is 131 Å². The van der Waals surface area contributed by atoms with Gasteiger partial charge in [-0.2, -0.15) is 0 Å². The molecule has 69 heavy (non-hydrogen) atoms. The van der Waals surface area contributed by atoms with Crippen molar-refractivity contribution in [1.82, 2.24) is 0 Å². The molecule has 0 spiro atoms. The van der Waals surface area contributed by atoms with Gasteiger partial charge in [0.1, 0.15) is 0 Å². The van der Waals surface area contributed by atoms with E-state index in [-0.39, 0.29) is 5.41 Å². The third-order valence-corrected chi connectivity index (χ3v) is 15.2. The average molecular weight is 880 g/mol. The quantitative estimate of drug-likeness (QED) is 0.147. The Kier molecular flexibility index (Phi) is 9.49. The molecule has 11 aromatic carbocycles. The first-order valence-electron chi connectivity index (χ1n) is 24.2. The lowest BCUT2D eigenvalue weighted by molar-refractivity contribution is 0.660. The van der Waals surface area contributed by atoms with Gasteiger partial charge in [-0.15, -0.1) is 0 Å². The molecule has 0 heterocycles. The van der Waals surface area contributed by atoms with E-state index < -0.39 is 5.41 Å². The van der Waals surface area contributed by atoms with Gasteiger partial charge in [0.15, 0.2) is 0 Å². The highest BCUT2D eigenvalue weighted by molar-refractivity contribution is 6.09. The van der Waals surface area contributed by atoms with Crippen LogP contribution in [0.5, 0.6) is 0 Å². The number of hydrogen-bond donors (Lipinski definition) is 0. The lowest BCUT2D eigenvalue weighted by Crippen LogP contribution is -2.28. The van der Waals surface area contributed by atoms with Crippen LogP contribution in [0.3, 0.4) is 0 Å². The van der Waals surface area contributed by atoms with Gasteiger partial charge in [0.25, 0.3) is 0 Å². The predicted molar refractivity (Wildman–Crippen MR) is 290 cm³/mol. The van der Waals surface area contributed by atoms with Gasteiger partial charge in [0.05, 0.1) is 11.1 Å². The molecule has 0 saturated carbocycles. The van der Waals surface area contributed by atoms with Crippen molar-refractivity contribution in [1.29, 1.82) is 0 Å². The minimum absolute atomic E-state index is 0.154. The summed E-state index contributed by atoms with van der Waals surface area (Å²) in [5.74, 6) is 0. The van der Waals surface area contributed by atoms with E-state index >= 15 is 0 Å². The first-order chi connectivity index (χ1) is 34.0. The number of hydrogen-bond acceptors (Lipinski definition) is 1. The van der Waals surface area contributed by atoms with Crippen molar-refractivity contribution in [3.8, 4) is 55.6 Å². The molecular formula is C68H49N. The van der Waals surface area contributed by atoms with Crippen LogP contribution in [0.25, 0.3) is 66.4 Å². The molecule has 1 nitrogen and oxygen atoms in total. The van der Waals surface area contributed by atoms with Crippen LogP contribution in [0.2, 0.25) is 0 Å². The molecule has 0 bridgehead atoms. The second kappa shape index (κ2) is 16.1. The van der Waals surface area contributed by atoms with E-state index in [0.29, 0.717) is 0 Å². The number of rotatable bonds is 8. The van der Waals surface area contributed by atoms with Gasteiger partial charge in [-0.1, -0.05) is 238 Å². The standard InChI is InChI=1S/C68H49N/c1-67(2)61-33-15-12-28-55(61)57-43-41-53(45-63(57)67)69(65-35-17-14-30-59(65)60-32-19-23-48-22-18-31-54(66(48)60)47-20-6-3-7-21-47)52-39-36-46(37-40-52)49-38-42-58-56-29-13-16-34-62(56)68(64(58)44-49,50-24-8-4-9-25-50)51-26-10-5-11-27-51/h3-45H,1-2H3. The molecule has 0 aliphatic heterocycles. The number of fused-ring (bicyclic) bond motifs is 7. The molecule has 2 aliphatic rings. The highest BCUT2D eigenvalue weighted by Gasteiger charge is 2.46. The third kappa shape index (κ3) is 6.31. The van der Waals surface area contributed by atoms with E-state index in [0.717, 1.165) is 17.1 Å². The van der Waals surface area contributed by atoms with E-state index in [2.05, 4.69) is 280 Å². The first-order valence-corrected chi connectivity index (χ1v) is 24.2. The van der Waals surface area contributed by atoms with E-state index in [9.17, 15) is 0 Å². The monoisotopic (exact) mass is 879 g/mol. The summed E-state index contributed by atoms with van der Waals surface area (Å²) in [6, 6.07) is 96.8. The lowest BCUT2D eigenvalue weighted by atomic mass is 9.67. The van der Waals surface area contributed by atoms with Crippen LogP contribution in [0.15, 0.2) is 261 Å². The third-order valence-electron chi connectivity index (χ3n) is 15.2. The highest BCUT2D eigenvalue weighted by atomic mass is 15.1. The summed E-state index contributed by atoms with van der Waals surface area (Å²) in [5.41, 5.74) is 23.0. The topological polar surface area (TPSA) is 3.24 Å². The summed E-state index contributed by atoms with van der Waals surface area (Å²) < 4.78 is 0. The lowest BCUT2D eigenvalue weighted by Gasteiger charge is -2.34. The van der Waals surface area contributed by atoms with Crippen LogP contribution in [0.4, 0.5) is 17.1 Å². The molecule has 0 aromatic heterocycles. The Bertz CT molecular complexity index is 3690. The van der Waals surface area contributed by atoms with E-state index in [1.165, 1.54) is 99.8 Å². The molecule has 0 atom stereocenters. The highest BCUT2D eigenvalue weighted by Crippen LogP contribution is 2.57. The molecule has 1 heteroatoms. The molecule has 2 aliphatic carbocycles. The van der Waals surface area contributed by atoms with Crippen LogP contribution in [0, 0.1) is 0 Å². The summed E-state index contributed by atoms with van der Waals surface area (Å²) in [7, 11) is 0. The Hall–Kier alpha value is -8.52. The summed E-state index contributed by atoms with van der Waals surface area (Å²) in [6.07, 6.45) is 0. The normalized spacial score (nSPS) is 13.6. The molecule has 326 valence electrons. The van der Waals surface area contributed by atoms with Crippen LogP contribution in [-0.4, -0.2) is 0 Å². The second-order valence-corrected chi connectivity index (χ2v) is 19.2. The average Bonchev–Trinajstić information content (AvgIpc) is 3.84. The fourth-order valence-electron chi connectivity index (χ4n) is 12.0. The SMILES string of the molecule is CC1(C)c2ccccc2-c2ccc(N(c3ccc(-c4ccc5c(c4)C(c4ccccc4)(c4ccccc4)c4ccccc4-5)cc3)c3ccccc3-c3cccc4cccc(-c5ccccc5)c34)cc21. The van der Waals surface area contributed by atoms with Crippen molar-refractivity contribution < 1.29 is 0 Å². The second-order valence-electron chi connectivity index (χ2n) is 19.2. The first kappa shape index (κ1) is 40.7. The van der Waals surface area contributed by atoms with E-state index in [4.69, 9.17) is 0 Å². The fraction of sp³-hybridized carbons (Fsp3) is 0.0588. The van der Waals surface area contributed by atoms with Crippen LogP contribution in [-0.2, 0) is 10.8 Å². The fourth-order valence-corrected chi connectivity index (χ4v) is 12.0. The summed E-state index contributed by atoms with van der Waals surface area (Å²) in [6.45, 7) is 4.74. The largest absolute Gasteiger partial charge is 0.310 e. The van der Waals surface area contributed by atoms with Gasteiger partial charge < -0.3 is 4.90 Å². The molecule has 0 radical (unpaired) electrons. The minimum atomic E-state index is -0.464. The molecular weight excluding hydrogens is 831 g/mol. The minimum Gasteiger partial charge on any atom is -0.310 e. The van der Waals surface area contributed by atoms with E-state index in [1.54, 1.807) is 0 Å². The van der Waals surface area contributed by atoms with Gasteiger partial charge in [-0.3, -0.25) is 0 Å². The summed E-state index contributed by atoms with van der Waals surface area (Å²) >= 11 is 0. The van der Waals surface area contributed by atoms with Crippen molar-refractivity contribution >= 4 is 27.8 Å². The van der Waals surface area contributed by atoms with Crippen molar-refractivity contribution in [3.63, 3.8) is 0 Å². The van der Waals surface area contributed by atoms with Crippen LogP contribution >= 0.6 is 0 Å². The molecule has 0 unspecified atom stereocenters. The number of nitrogens with zero attached hydrogens (tertiary/aromatic N) is 1. The maximum atomic E-state index is 2.48. The molecule has 0 N–H and O–H groups in total. The van der Waals surface area contributed by atoms with Crippen LogP contribution in [0.1, 0.15) is 47.2 Å². The Labute approximate surface area is 405 Å². The number of anilines is 3. The molecule has 0 amide bonds. The molecule has 13 rings (SSSR count).